The Labute approximate surface area is 89.7 Å². The number of nitriles is 1. The van der Waals surface area contributed by atoms with E-state index in [1.54, 1.807) is 6.92 Å². The average Bonchev–Trinajstić information content (AvgIpc) is 2.17. The molecular weight excluding hydrogens is 192 g/mol. The lowest BCUT2D eigenvalue weighted by Gasteiger charge is -2.32. The molecule has 82 valence electrons. The van der Waals surface area contributed by atoms with Crippen molar-refractivity contribution in [3.8, 4) is 6.07 Å². The van der Waals surface area contributed by atoms with Gasteiger partial charge in [0, 0.05) is 12.6 Å². The maximum absolute atomic E-state index is 9.84. The summed E-state index contributed by atoms with van der Waals surface area (Å²) in [4.78, 5) is 1.44. The minimum Gasteiger partial charge on any atom is -0.495 e. The monoisotopic (exact) mass is 208 g/mol. The summed E-state index contributed by atoms with van der Waals surface area (Å²) in [7, 11) is 0. The van der Waals surface area contributed by atoms with Crippen molar-refractivity contribution in [1.29, 1.82) is 5.26 Å². The Kier molecular flexibility index (Phi) is 3.75. The van der Waals surface area contributed by atoms with Crippen molar-refractivity contribution in [3.05, 3.63) is 23.1 Å². The number of aliphatic hydroxyl groups is 2. The molecule has 0 bridgehead atoms. The fraction of sp³-hybridized carbons (Fsp3) is 0.545. The predicted octanol–water partition coefficient (Wildman–Crippen LogP) is 1.66. The van der Waals surface area contributed by atoms with Crippen LogP contribution in [0.4, 0.5) is 0 Å². The van der Waals surface area contributed by atoms with E-state index in [0.29, 0.717) is 17.7 Å². The summed E-state index contributed by atoms with van der Waals surface area (Å²) in [5.74, 6) is 0.0347. The third-order valence-corrected chi connectivity index (χ3v) is 2.49. The molecule has 1 rings (SSSR count). The highest BCUT2D eigenvalue weighted by Crippen LogP contribution is 2.23. The molecule has 0 aliphatic carbocycles. The first kappa shape index (κ1) is 11.6. The first-order valence-electron chi connectivity index (χ1n) is 5.08. The minimum absolute atomic E-state index is 0.0347. The Hall–Kier alpha value is -1.47. The van der Waals surface area contributed by atoms with Gasteiger partial charge >= 0.3 is 0 Å². The number of allylic oxidation sites excluding steroid dienone is 2. The van der Waals surface area contributed by atoms with Gasteiger partial charge in [-0.3, -0.25) is 0 Å². The Morgan fingerprint density at radius 2 is 2.27 bits per heavy atom. The third-order valence-electron chi connectivity index (χ3n) is 2.49. The van der Waals surface area contributed by atoms with Crippen LogP contribution in [-0.4, -0.2) is 27.9 Å². The van der Waals surface area contributed by atoms with Crippen molar-refractivity contribution < 1.29 is 10.2 Å². The molecule has 1 unspecified atom stereocenters. The van der Waals surface area contributed by atoms with E-state index in [1.807, 2.05) is 13.0 Å². The van der Waals surface area contributed by atoms with Gasteiger partial charge in [-0.05, 0) is 18.9 Å². The topological polar surface area (TPSA) is 67.5 Å². The molecule has 4 nitrogen and oxygen atoms in total. The van der Waals surface area contributed by atoms with Crippen molar-refractivity contribution in [2.24, 2.45) is 0 Å². The van der Waals surface area contributed by atoms with Gasteiger partial charge in [-0.1, -0.05) is 13.3 Å². The molecule has 0 aromatic carbocycles. The number of unbranched alkanes of at least 4 members (excludes halogenated alkanes) is 1. The standard InChI is InChI=1S/C11H16N2O2/c1-3-4-5-13-10(14)6-8(2)9(7-12)11(13)15/h6,11,14-15H,3-5H2,1-2H3. The quantitative estimate of drug-likeness (QED) is 0.740. The van der Waals surface area contributed by atoms with Crippen molar-refractivity contribution in [1.82, 2.24) is 4.90 Å². The zero-order valence-electron chi connectivity index (χ0n) is 9.06. The molecule has 4 heteroatoms. The summed E-state index contributed by atoms with van der Waals surface area (Å²) in [6.07, 6.45) is 2.35. The molecule has 0 aromatic heterocycles. The number of aliphatic hydroxyl groups excluding tert-OH is 2. The second-order valence-corrected chi connectivity index (χ2v) is 3.63. The highest BCUT2D eigenvalue weighted by Gasteiger charge is 2.26. The molecule has 0 aromatic rings. The second-order valence-electron chi connectivity index (χ2n) is 3.63. The van der Waals surface area contributed by atoms with Crippen LogP contribution in [0.25, 0.3) is 0 Å². The lowest BCUT2D eigenvalue weighted by molar-refractivity contribution is 0.0213. The maximum Gasteiger partial charge on any atom is 0.189 e. The molecule has 1 aliphatic heterocycles. The average molecular weight is 208 g/mol. The Morgan fingerprint density at radius 3 is 2.80 bits per heavy atom. The van der Waals surface area contributed by atoms with Gasteiger partial charge in [-0.2, -0.15) is 5.26 Å². The summed E-state index contributed by atoms with van der Waals surface area (Å²) in [5, 5.41) is 28.3. The molecule has 0 fully saturated rings. The summed E-state index contributed by atoms with van der Waals surface area (Å²) < 4.78 is 0. The Balaban J connectivity index is 2.88. The van der Waals surface area contributed by atoms with Crippen molar-refractivity contribution >= 4 is 0 Å². The van der Waals surface area contributed by atoms with E-state index in [9.17, 15) is 10.2 Å². The molecule has 2 N–H and O–H groups in total. The Morgan fingerprint density at radius 1 is 1.60 bits per heavy atom. The largest absolute Gasteiger partial charge is 0.495 e. The minimum atomic E-state index is -1.01. The summed E-state index contributed by atoms with van der Waals surface area (Å²) in [5.41, 5.74) is 0.930. The second kappa shape index (κ2) is 4.85. The smallest absolute Gasteiger partial charge is 0.189 e. The molecule has 0 saturated heterocycles. The van der Waals surface area contributed by atoms with Crippen LogP contribution >= 0.6 is 0 Å². The highest BCUT2D eigenvalue weighted by atomic mass is 16.3. The van der Waals surface area contributed by atoms with Crippen LogP contribution in [0.15, 0.2) is 23.1 Å². The van der Waals surface area contributed by atoms with Crippen LogP contribution in [-0.2, 0) is 0 Å². The molecule has 15 heavy (non-hydrogen) atoms. The summed E-state index contributed by atoms with van der Waals surface area (Å²) in [6.45, 7) is 4.29. The van der Waals surface area contributed by atoms with Gasteiger partial charge in [0.2, 0.25) is 0 Å². The third kappa shape index (κ3) is 2.31. The molecular formula is C11H16N2O2. The highest BCUT2D eigenvalue weighted by molar-refractivity contribution is 5.40. The van der Waals surface area contributed by atoms with Gasteiger partial charge in [0.15, 0.2) is 12.1 Å². The van der Waals surface area contributed by atoms with E-state index >= 15 is 0 Å². The Bertz CT molecular complexity index is 339. The van der Waals surface area contributed by atoms with Gasteiger partial charge in [0.25, 0.3) is 0 Å². The van der Waals surface area contributed by atoms with Crippen LogP contribution in [0, 0.1) is 11.3 Å². The number of hydrogen-bond acceptors (Lipinski definition) is 4. The lowest BCUT2D eigenvalue weighted by atomic mass is 10.0. The van der Waals surface area contributed by atoms with E-state index in [-0.39, 0.29) is 5.88 Å². The predicted molar refractivity (Wildman–Crippen MR) is 56.6 cm³/mol. The van der Waals surface area contributed by atoms with Crippen LogP contribution in [0.1, 0.15) is 26.7 Å². The number of nitrogens with zero attached hydrogens (tertiary/aromatic N) is 2. The lowest BCUT2D eigenvalue weighted by Crippen LogP contribution is -2.39. The molecule has 0 saturated carbocycles. The first-order chi connectivity index (χ1) is 7.11. The van der Waals surface area contributed by atoms with E-state index < -0.39 is 6.23 Å². The summed E-state index contributed by atoms with van der Waals surface area (Å²) in [6, 6.07) is 1.96. The van der Waals surface area contributed by atoms with Gasteiger partial charge in [0.1, 0.15) is 0 Å². The van der Waals surface area contributed by atoms with E-state index in [0.717, 1.165) is 12.8 Å². The van der Waals surface area contributed by atoms with Crippen LogP contribution in [0.2, 0.25) is 0 Å². The molecule has 0 spiro atoms. The normalized spacial score (nSPS) is 21.3. The van der Waals surface area contributed by atoms with Crippen LogP contribution in [0.5, 0.6) is 0 Å². The zero-order valence-corrected chi connectivity index (χ0v) is 9.06. The SMILES string of the molecule is CCCCN1C(O)=CC(C)=C(C#N)C1O. The fourth-order valence-electron chi connectivity index (χ4n) is 1.55. The molecule has 1 heterocycles. The molecule has 0 amide bonds. The maximum atomic E-state index is 9.84. The van der Waals surface area contributed by atoms with E-state index in [1.165, 1.54) is 11.0 Å². The van der Waals surface area contributed by atoms with Gasteiger partial charge in [-0.25, -0.2) is 0 Å². The number of hydrogen-bond donors (Lipinski definition) is 2. The number of rotatable bonds is 3. The first-order valence-corrected chi connectivity index (χ1v) is 5.08. The fourth-order valence-corrected chi connectivity index (χ4v) is 1.55. The zero-order chi connectivity index (χ0) is 11.4. The molecule has 1 aliphatic rings. The van der Waals surface area contributed by atoms with Gasteiger partial charge in [0.05, 0.1) is 11.6 Å². The van der Waals surface area contributed by atoms with Gasteiger partial charge < -0.3 is 15.1 Å². The summed E-state index contributed by atoms with van der Waals surface area (Å²) >= 11 is 0. The van der Waals surface area contributed by atoms with Crippen molar-refractivity contribution in [3.63, 3.8) is 0 Å². The molecule has 0 radical (unpaired) electrons. The van der Waals surface area contributed by atoms with Crippen LogP contribution in [0.3, 0.4) is 0 Å². The van der Waals surface area contributed by atoms with E-state index in [4.69, 9.17) is 5.26 Å². The van der Waals surface area contributed by atoms with Gasteiger partial charge in [-0.15, -0.1) is 0 Å². The van der Waals surface area contributed by atoms with Crippen molar-refractivity contribution in [2.75, 3.05) is 6.54 Å². The van der Waals surface area contributed by atoms with Crippen molar-refractivity contribution in [2.45, 2.75) is 32.9 Å². The van der Waals surface area contributed by atoms with Crippen LogP contribution < -0.4 is 0 Å². The molecule has 1 atom stereocenters. The van der Waals surface area contributed by atoms with E-state index in [2.05, 4.69) is 0 Å².